The van der Waals surface area contributed by atoms with Crippen LogP contribution in [0.2, 0.25) is 0 Å². The Balaban J connectivity index is 2.39. The lowest BCUT2D eigenvalue weighted by Crippen LogP contribution is -2.20. The van der Waals surface area contributed by atoms with Gasteiger partial charge in [0, 0.05) is 16.9 Å². The van der Waals surface area contributed by atoms with Gasteiger partial charge < -0.3 is 4.74 Å². The van der Waals surface area contributed by atoms with Gasteiger partial charge in [-0.15, -0.1) is 0 Å². The molecule has 21 heavy (non-hydrogen) atoms. The van der Waals surface area contributed by atoms with Crippen molar-refractivity contribution in [2.45, 2.75) is 52.4 Å². The highest BCUT2D eigenvalue weighted by atomic mass is 32.1. The van der Waals surface area contributed by atoms with E-state index in [1.807, 2.05) is 6.08 Å². The lowest BCUT2D eigenvalue weighted by Gasteiger charge is -2.15. The van der Waals surface area contributed by atoms with Gasteiger partial charge in [-0.2, -0.15) is 0 Å². The summed E-state index contributed by atoms with van der Waals surface area (Å²) in [5.74, 6) is -0.300. The van der Waals surface area contributed by atoms with E-state index < -0.39 is 5.97 Å². The Morgan fingerprint density at radius 2 is 2.14 bits per heavy atom. The predicted molar refractivity (Wildman–Crippen MR) is 88.3 cm³/mol. The number of carbonyl (C=O) groups is 2. The number of hydrogen-bond donors (Lipinski definition) is 0. The first kappa shape index (κ1) is 17.8. The summed E-state index contributed by atoms with van der Waals surface area (Å²) < 4.78 is 5.24. The fraction of sp³-hybridized carbons (Fsp3) is 0.588. The summed E-state index contributed by atoms with van der Waals surface area (Å²) in [7, 11) is 0. The van der Waals surface area contributed by atoms with Crippen molar-refractivity contribution < 1.29 is 14.3 Å². The van der Waals surface area contributed by atoms with Gasteiger partial charge in [-0.25, -0.2) is 0 Å². The molecule has 0 amide bonds. The molecule has 3 nitrogen and oxygen atoms in total. The zero-order valence-electron chi connectivity index (χ0n) is 12.9. The van der Waals surface area contributed by atoms with Crippen molar-refractivity contribution in [3.63, 3.8) is 0 Å². The number of ether oxygens (including phenoxy) is 1. The van der Waals surface area contributed by atoms with E-state index in [4.69, 9.17) is 17.0 Å². The van der Waals surface area contributed by atoms with Gasteiger partial charge >= 0.3 is 5.97 Å². The average Bonchev–Trinajstić information content (AvgIpc) is 2.47. The Morgan fingerprint density at radius 1 is 1.38 bits per heavy atom. The summed E-state index contributed by atoms with van der Waals surface area (Å²) in [6.07, 6.45) is 10.1. The second kappa shape index (κ2) is 9.61. The predicted octanol–water partition coefficient (Wildman–Crippen LogP) is 3.96. The molecule has 116 valence electrons. The van der Waals surface area contributed by atoms with Crippen LogP contribution >= 0.6 is 12.2 Å². The number of Topliss-reactive ketones (excluding diaryl/α,β-unsaturated/α-hetero) is 1. The smallest absolute Gasteiger partial charge is 0.313 e. The summed E-state index contributed by atoms with van der Waals surface area (Å²) in [6.45, 7) is 4.65. The first-order valence-corrected chi connectivity index (χ1v) is 8.08. The van der Waals surface area contributed by atoms with Crippen LogP contribution in [0.25, 0.3) is 0 Å². The monoisotopic (exact) mass is 308 g/mol. The molecule has 0 aromatic heterocycles. The van der Waals surface area contributed by atoms with Crippen molar-refractivity contribution in [3.8, 4) is 0 Å². The van der Waals surface area contributed by atoms with Crippen molar-refractivity contribution in [2.24, 2.45) is 5.92 Å². The van der Waals surface area contributed by atoms with E-state index in [1.54, 1.807) is 12.2 Å². The number of ketones is 1. The molecule has 1 unspecified atom stereocenters. The fourth-order valence-corrected chi connectivity index (χ4v) is 2.46. The Bertz CT molecular complexity index is 449. The molecule has 0 spiro atoms. The molecule has 1 aliphatic carbocycles. The van der Waals surface area contributed by atoms with Crippen molar-refractivity contribution in [3.05, 3.63) is 23.8 Å². The lowest BCUT2D eigenvalue weighted by molar-refractivity contribution is -0.146. The summed E-state index contributed by atoms with van der Waals surface area (Å²) in [4.78, 5) is 24.4. The lowest BCUT2D eigenvalue weighted by atomic mass is 9.99. The van der Waals surface area contributed by atoms with Crippen LogP contribution in [0.3, 0.4) is 0 Å². The zero-order chi connectivity index (χ0) is 15.7. The molecular weight excluding hydrogens is 284 g/mol. The van der Waals surface area contributed by atoms with Gasteiger partial charge in [0.25, 0.3) is 0 Å². The number of esters is 1. The molecule has 0 N–H and O–H groups in total. The minimum Gasteiger partial charge on any atom is -0.465 e. The molecular formula is C17H24O3S. The third kappa shape index (κ3) is 6.34. The Labute approximate surface area is 132 Å². The van der Waals surface area contributed by atoms with E-state index in [0.717, 1.165) is 25.7 Å². The van der Waals surface area contributed by atoms with Gasteiger partial charge in [0.1, 0.15) is 6.42 Å². The van der Waals surface area contributed by atoms with Crippen LogP contribution in [0.4, 0.5) is 0 Å². The van der Waals surface area contributed by atoms with Crippen LogP contribution in [0.1, 0.15) is 52.4 Å². The molecule has 0 bridgehead atoms. The van der Waals surface area contributed by atoms with Crippen molar-refractivity contribution in [1.29, 1.82) is 0 Å². The van der Waals surface area contributed by atoms with Gasteiger partial charge in [0.05, 0.1) is 6.61 Å². The maximum absolute atomic E-state index is 12.0. The van der Waals surface area contributed by atoms with E-state index in [9.17, 15) is 9.59 Å². The van der Waals surface area contributed by atoms with Crippen molar-refractivity contribution in [1.82, 2.24) is 0 Å². The van der Waals surface area contributed by atoms with Crippen LogP contribution < -0.4 is 0 Å². The van der Waals surface area contributed by atoms with E-state index in [0.29, 0.717) is 29.4 Å². The second-order valence-corrected chi connectivity index (χ2v) is 5.83. The van der Waals surface area contributed by atoms with Gasteiger partial charge in [-0.3, -0.25) is 9.59 Å². The molecule has 4 heteroatoms. The maximum atomic E-state index is 12.0. The molecule has 1 aliphatic rings. The van der Waals surface area contributed by atoms with E-state index in [-0.39, 0.29) is 12.2 Å². The molecule has 0 saturated carbocycles. The number of hydrogen-bond acceptors (Lipinski definition) is 4. The van der Waals surface area contributed by atoms with Gasteiger partial charge in [0.15, 0.2) is 5.78 Å². The third-order valence-electron chi connectivity index (χ3n) is 3.63. The molecule has 0 aliphatic heterocycles. The fourth-order valence-electron chi connectivity index (χ4n) is 2.18. The summed E-state index contributed by atoms with van der Waals surface area (Å²) in [6, 6.07) is 0. The van der Waals surface area contributed by atoms with Crippen LogP contribution in [0.5, 0.6) is 0 Å². The van der Waals surface area contributed by atoms with Crippen molar-refractivity contribution in [2.75, 3.05) is 6.61 Å². The summed E-state index contributed by atoms with van der Waals surface area (Å²) >= 11 is 5.14. The quantitative estimate of drug-likeness (QED) is 0.367. The topological polar surface area (TPSA) is 43.4 Å². The normalized spacial score (nSPS) is 15.5. The molecule has 1 rings (SSSR count). The van der Waals surface area contributed by atoms with E-state index in [1.165, 1.54) is 0 Å². The number of rotatable bonds is 9. The highest BCUT2D eigenvalue weighted by molar-refractivity contribution is 7.81. The Hall–Kier alpha value is -1.29. The molecule has 0 aromatic rings. The minimum atomic E-state index is -0.451. The molecule has 0 radical (unpaired) electrons. The van der Waals surface area contributed by atoms with E-state index >= 15 is 0 Å². The van der Waals surface area contributed by atoms with Crippen molar-refractivity contribution >= 4 is 28.8 Å². The standard InChI is InChI=1S/C17H24O3S/c1-3-5-8-13(4-2)12-20-17(19)11-15(18)14-9-6-7-10-16(14)21/h6-7,9,13H,3-5,8,10-12H2,1-2H3. The molecule has 1 atom stereocenters. The highest BCUT2D eigenvalue weighted by Gasteiger charge is 2.20. The molecule has 0 fully saturated rings. The number of carbonyl (C=O) groups excluding carboxylic acids is 2. The zero-order valence-corrected chi connectivity index (χ0v) is 13.7. The first-order valence-electron chi connectivity index (χ1n) is 7.67. The van der Waals surface area contributed by atoms with Gasteiger partial charge in [-0.05, 0) is 12.3 Å². The number of unbranched alkanes of at least 4 members (excludes halogenated alkanes) is 1. The highest BCUT2D eigenvalue weighted by Crippen LogP contribution is 2.15. The molecule has 0 heterocycles. The van der Waals surface area contributed by atoms with Crippen LogP contribution in [-0.4, -0.2) is 23.2 Å². The SMILES string of the molecule is CCCCC(CC)COC(=O)CC(=O)C1=CC=CCC1=S. The third-order valence-corrected chi connectivity index (χ3v) is 4.02. The van der Waals surface area contributed by atoms with Crippen LogP contribution in [0.15, 0.2) is 23.8 Å². The summed E-state index contributed by atoms with van der Waals surface area (Å²) in [5, 5.41) is 0. The van der Waals surface area contributed by atoms with Gasteiger partial charge in [-0.1, -0.05) is 63.6 Å². The second-order valence-electron chi connectivity index (χ2n) is 5.34. The molecule has 0 saturated heterocycles. The average molecular weight is 308 g/mol. The minimum absolute atomic E-state index is 0.218. The molecule has 0 aromatic carbocycles. The largest absolute Gasteiger partial charge is 0.465 e. The van der Waals surface area contributed by atoms with E-state index in [2.05, 4.69) is 13.8 Å². The number of thiocarbonyl (C=S) groups is 1. The number of allylic oxidation sites excluding steroid dienone is 4. The summed E-state index contributed by atoms with van der Waals surface area (Å²) in [5.41, 5.74) is 0.475. The first-order chi connectivity index (χ1) is 10.1. The Kier molecular flexibility index (Phi) is 8.13. The Morgan fingerprint density at radius 3 is 2.76 bits per heavy atom. The van der Waals surface area contributed by atoms with Crippen LogP contribution in [0, 0.1) is 5.92 Å². The van der Waals surface area contributed by atoms with Crippen LogP contribution in [-0.2, 0) is 14.3 Å². The van der Waals surface area contributed by atoms with Gasteiger partial charge in [0.2, 0.25) is 0 Å². The maximum Gasteiger partial charge on any atom is 0.313 e.